The van der Waals surface area contributed by atoms with Crippen molar-refractivity contribution in [3.8, 4) is 5.75 Å². The predicted octanol–water partition coefficient (Wildman–Crippen LogP) is 2.93. The quantitative estimate of drug-likeness (QED) is 0.815. The molecular weight excluding hydrogens is 212 g/mol. The van der Waals surface area contributed by atoms with E-state index in [2.05, 4.69) is 9.88 Å². The molecule has 3 rings (SSSR count). The third-order valence-electron chi connectivity index (χ3n) is 3.41. The number of hydrogen-bond donors (Lipinski definition) is 1. The number of phenols is 1. The molecular formula is C14H16N2O. The van der Waals surface area contributed by atoms with Gasteiger partial charge in [-0.1, -0.05) is 0 Å². The fraction of sp³-hybridized carbons (Fsp3) is 0.357. The summed E-state index contributed by atoms with van der Waals surface area (Å²) < 4.78 is 0. The highest BCUT2D eigenvalue weighted by Gasteiger charge is 2.17. The van der Waals surface area contributed by atoms with Crippen LogP contribution in [0.2, 0.25) is 0 Å². The summed E-state index contributed by atoms with van der Waals surface area (Å²) in [6.07, 6.45) is 5.49. The molecule has 0 atom stereocenters. The zero-order valence-electron chi connectivity index (χ0n) is 9.76. The molecule has 0 bridgehead atoms. The Balaban J connectivity index is 2.15. The molecule has 88 valence electrons. The van der Waals surface area contributed by atoms with Crippen molar-refractivity contribution in [2.75, 3.05) is 18.0 Å². The van der Waals surface area contributed by atoms with E-state index in [9.17, 15) is 5.11 Å². The first kappa shape index (κ1) is 10.4. The molecule has 0 unspecified atom stereocenters. The number of rotatable bonds is 1. The molecule has 3 nitrogen and oxygen atoms in total. The third kappa shape index (κ3) is 1.82. The van der Waals surface area contributed by atoms with Crippen LogP contribution in [-0.4, -0.2) is 23.2 Å². The molecule has 1 aliphatic heterocycles. The molecule has 1 aliphatic rings. The lowest BCUT2D eigenvalue weighted by Gasteiger charge is -2.30. The lowest BCUT2D eigenvalue weighted by molar-refractivity contribution is 0.470. The van der Waals surface area contributed by atoms with Crippen molar-refractivity contribution in [1.29, 1.82) is 0 Å². The number of piperidine rings is 1. The first-order chi connectivity index (χ1) is 8.36. The molecule has 17 heavy (non-hydrogen) atoms. The van der Waals surface area contributed by atoms with Gasteiger partial charge in [-0.3, -0.25) is 4.98 Å². The van der Waals surface area contributed by atoms with E-state index in [-0.39, 0.29) is 0 Å². The first-order valence-electron chi connectivity index (χ1n) is 6.18. The molecule has 1 saturated heterocycles. The van der Waals surface area contributed by atoms with E-state index >= 15 is 0 Å². The molecule has 0 aliphatic carbocycles. The fourth-order valence-corrected chi connectivity index (χ4v) is 2.58. The second kappa shape index (κ2) is 4.24. The molecule has 0 spiro atoms. The van der Waals surface area contributed by atoms with E-state index in [0.717, 1.165) is 29.7 Å². The van der Waals surface area contributed by atoms with Crippen molar-refractivity contribution in [3.63, 3.8) is 0 Å². The summed E-state index contributed by atoms with van der Waals surface area (Å²) in [6, 6.07) is 7.58. The van der Waals surface area contributed by atoms with Crippen LogP contribution >= 0.6 is 0 Å². The maximum absolute atomic E-state index is 10.1. The number of pyridine rings is 1. The van der Waals surface area contributed by atoms with E-state index in [0.29, 0.717) is 5.75 Å². The summed E-state index contributed by atoms with van der Waals surface area (Å²) in [6.45, 7) is 2.06. The van der Waals surface area contributed by atoms with Gasteiger partial charge in [0.15, 0.2) is 0 Å². The second-order valence-corrected chi connectivity index (χ2v) is 4.55. The lowest BCUT2D eigenvalue weighted by atomic mass is 10.1. The van der Waals surface area contributed by atoms with Gasteiger partial charge in [0, 0.05) is 24.7 Å². The Hall–Kier alpha value is -1.77. The van der Waals surface area contributed by atoms with Crippen LogP contribution in [0.25, 0.3) is 10.9 Å². The second-order valence-electron chi connectivity index (χ2n) is 4.55. The summed E-state index contributed by atoms with van der Waals surface area (Å²) in [7, 11) is 0. The number of aromatic nitrogens is 1. The van der Waals surface area contributed by atoms with Crippen molar-refractivity contribution >= 4 is 16.6 Å². The minimum absolute atomic E-state index is 0.368. The minimum atomic E-state index is 0.368. The summed E-state index contributed by atoms with van der Waals surface area (Å²) in [5.74, 6) is 0.368. The van der Waals surface area contributed by atoms with Gasteiger partial charge in [0.25, 0.3) is 0 Å². The molecule has 2 heterocycles. The molecule has 3 heteroatoms. The van der Waals surface area contributed by atoms with E-state index < -0.39 is 0 Å². The molecule has 0 radical (unpaired) electrons. The van der Waals surface area contributed by atoms with Gasteiger partial charge >= 0.3 is 0 Å². The molecule has 2 aromatic rings. The largest absolute Gasteiger partial charge is 0.506 e. The van der Waals surface area contributed by atoms with Gasteiger partial charge in [0.2, 0.25) is 0 Å². The summed E-state index contributed by atoms with van der Waals surface area (Å²) in [5.41, 5.74) is 1.90. The number of hydrogen-bond acceptors (Lipinski definition) is 3. The average Bonchev–Trinajstić information content (AvgIpc) is 2.39. The highest BCUT2D eigenvalue weighted by Crippen LogP contribution is 2.36. The Bertz CT molecular complexity index is 533. The van der Waals surface area contributed by atoms with Crippen LogP contribution in [0, 0.1) is 0 Å². The van der Waals surface area contributed by atoms with Gasteiger partial charge in [-0.05, 0) is 43.5 Å². The number of benzene rings is 1. The SMILES string of the molecule is Oc1ccc2ncccc2c1N1CCCCC1. The van der Waals surface area contributed by atoms with Crippen LogP contribution in [0.5, 0.6) is 5.75 Å². The Morgan fingerprint density at radius 1 is 1.06 bits per heavy atom. The summed E-state index contributed by atoms with van der Waals surface area (Å²) >= 11 is 0. The Morgan fingerprint density at radius 2 is 1.88 bits per heavy atom. The monoisotopic (exact) mass is 228 g/mol. The van der Waals surface area contributed by atoms with Gasteiger partial charge in [-0.2, -0.15) is 0 Å². The smallest absolute Gasteiger partial charge is 0.139 e. The van der Waals surface area contributed by atoms with Gasteiger partial charge in [-0.15, -0.1) is 0 Å². The fourth-order valence-electron chi connectivity index (χ4n) is 2.58. The number of phenolic OH excluding ortho intramolecular Hbond substituents is 1. The van der Waals surface area contributed by atoms with Crippen LogP contribution in [0.1, 0.15) is 19.3 Å². The maximum Gasteiger partial charge on any atom is 0.139 e. The topological polar surface area (TPSA) is 36.4 Å². The molecule has 0 amide bonds. The van der Waals surface area contributed by atoms with Gasteiger partial charge in [-0.25, -0.2) is 0 Å². The van der Waals surface area contributed by atoms with Gasteiger partial charge in [0.05, 0.1) is 11.2 Å². The van der Waals surface area contributed by atoms with Crippen LogP contribution in [-0.2, 0) is 0 Å². The molecule has 1 aromatic heterocycles. The minimum Gasteiger partial charge on any atom is -0.506 e. The normalized spacial score (nSPS) is 16.4. The number of anilines is 1. The highest BCUT2D eigenvalue weighted by molar-refractivity contribution is 5.95. The number of nitrogens with zero attached hydrogens (tertiary/aromatic N) is 2. The lowest BCUT2D eigenvalue weighted by Crippen LogP contribution is -2.29. The standard InChI is InChI=1S/C14H16N2O/c17-13-7-6-12-11(5-4-8-15-12)14(13)16-9-2-1-3-10-16/h4-8,17H,1-3,9-10H2. The van der Waals surface area contributed by atoms with Crippen molar-refractivity contribution in [2.45, 2.75) is 19.3 Å². The van der Waals surface area contributed by atoms with Crippen LogP contribution in [0.4, 0.5) is 5.69 Å². The van der Waals surface area contributed by atoms with E-state index in [4.69, 9.17) is 0 Å². The van der Waals surface area contributed by atoms with E-state index in [1.807, 2.05) is 18.2 Å². The molecule has 1 fully saturated rings. The molecule has 1 N–H and O–H groups in total. The van der Waals surface area contributed by atoms with Gasteiger partial charge in [0.1, 0.15) is 5.75 Å². The van der Waals surface area contributed by atoms with Gasteiger partial charge < -0.3 is 10.0 Å². The first-order valence-corrected chi connectivity index (χ1v) is 6.18. The predicted molar refractivity (Wildman–Crippen MR) is 69.5 cm³/mol. The third-order valence-corrected chi connectivity index (χ3v) is 3.41. The summed E-state index contributed by atoms with van der Waals surface area (Å²) in [4.78, 5) is 6.62. The Kier molecular flexibility index (Phi) is 2.59. The average molecular weight is 228 g/mol. The van der Waals surface area contributed by atoms with E-state index in [1.54, 1.807) is 12.3 Å². The van der Waals surface area contributed by atoms with Crippen LogP contribution in [0.3, 0.4) is 0 Å². The van der Waals surface area contributed by atoms with Crippen molar-refractivity contribution < 1.29 is 5.11 Å². The molecule has 0 saturated carbocycles. The highest BCUT2D eigenvalue weighted by atomic mass is 16.3. The van der Waals surface area contributed by atoms with Crippen molar-refractivity contribution in [1.82, 2.24) is 4.98 Å². The molecule has 1 aromatic carbocycles. The number of aromatic hydroxyl groups is 1. The maximum atomic E-state index is 10.1. The summed E-state index contributed by atoms with van der Waals surface area (Å²) in [5, 5.41) is 11.1. The Labute approximate surface area is 101 Å². The van der Waals surface area contributed by atoms with Crippen molar-refractivity contribution in [2.24, 2.45) is 0 Å². The van der Waals surface area contributed by atoms with E-state index in [1.165, 1.54) is 19.3 Å². The zero-order chi connectivity index (χ0) is 11.7. The Morgan fingerprint density at radius 3 is 2.71 bits per heavy atom. The van der Waals surface area contributed by atoms with Crippen molar-refractivity contribution in [3.05, 3.63) is 30.5 Å². The zero-order valence-corrected chi connectivity index (χ0v) is 9.76. The van der Waals surface area contributed by atoms with Crippen LogP contribution in [0.15, 0.2) is 30.5 Å². The van der Waals surface area contributed by atoms with Crippen LogP contribution < -0.4 is 4.90 Å². The number of fused-ring (bicyclic) bond motifs is 1.